The van der Waals surface area contributed by atoms with E-state index < -0.39 is 10.0 Å². The molecule has 0 aliphatic heterocycles. The minimum atomic E-state index is -3.55. The van der Waals surface area contributed by atoms with Gasteiger partial charge in [0.1, 0.15) is 4.90 Å². The van der Waals surface area contributed by atoms with Crippen LogP contribution in [0.2, 0.25) is 0 Å². The Balaban J connectivity index is 3.06. The van der Waals surface area contributed by atoms with Crippen molar-refractivity contribution in [3.63, 3.8) is 0 Å². The van der Waals surface area contributed by atoms with Gasteiger partial charge in [-0.15, -0.1) is 0 Å². The molecule has 1 rings (SSSR count). The molecule has 0 spiro atoms. The van der Waals surface area contributed by atoms with Gasteiger partial charge < -0.3 is 0 Å². The number of hydrogen-bond acceptors (Lipinski definition) is 4. The van der Waals surface area contributed by atoms with Crippen molar-refractivity contribution in [2.45, 2.75) is 31.2 Å². The quantitative estimate of drug-likeness (QED) is 0.794. The van der Waals surface area contributed by atoms with Crippen molar-refractivity contribution in [1.82, 2.24) is 9.29 Å². The normalized spacial score (nSPS) is 11.7. The fraction of sp³-hybridized carbons (Fsp3) is 0.455. The first-order chi connectivity index (χ1) is 8.00. The third kappa shape index (κ3) is 3.25. The third-order valence-electron chi connectivity index (χ3n) is 2.26. The lowest BCUT2D eigenvalue weighted by Gasteiger charge is -2.24. The average Bonchev–Trinajstić information content (AvgIpc) is 2.30. The second-order valence-corrected chi connectivity index (χ2v) is 5.70. The molecule has 0 aliphatic carbocycles. The summed E-state index contributed by atoms with van der Waals surface area (Å²) in [5, 5.41) is 8.55. The SMILES string of the molecule is CC(C)N(CCC#N)S(=O)(=O)c1cccnc1. The molecular weight excluding hydrogens is 238 g/mol. The molecule has 1 aromatic heterocycles. The smallest absolute Gasteiger partial charge is 0.244 e. The summed E-state index contributed by atoms with van der Waals surface area (Å²) in [5.74, 6) is 0. The maximum Gasteiger partial charge on any atom is 0.244 e. The van der Waals surface area contributed by atoms with Crippen LogP contribution in [0.4, 0.5) is 0 Å². The van der Waals surface area contributed by atoms with Gasteiger partial charge in [-0.25, -0.2) is 8.42 Å². The second-order valence-electron chi connectivity index (χ2n) is 3.81. The van der Waals surface area contributed by atoms with E-state index in [9.17, 15) is 8.42 Å². The molecule has 0 unspecified atom stereocenters. The summed E-state index contributed by atoms with van der Waals surface area (Å²) in [6.07, 6.45) is 3.02. The van der Waals surface area contributed by atoms with Crippen molar-refractivity contribution in [1.29, 1.82) is 5.26 Å². The predicted molar refractivity (Wildman–Crippen MR) is 63.5 cm³/mol. The van der Waals surface area contributed by atoms with Crippen LogP contribution in [0, 0.1) is 11.3 Å². The van der Waals surface area contributed by atoms with Crippen LogP contribution < -0.4 is 0 Å². The number of sulfonamides is 1. The van der Waals surface area contributed by atoms with E-state index in [4.69, 9.17) is 5.26 Å². The maximum absolute atomic E-state index is 12.3. The van der Waals surface area contributed by atoms with Crippen LogP contribution in [0.25, 0.3) is 0 Å². The monoisotopic (exact) mass is 253 g/mol. The van der Waals surface area contributed by atoms with E-state index in [1.807, 2.05) is 6.07 Å². The van der Waals surface area contributed by atoms with E-state index in [1.165, 1.54) is 22.8 Å². The average molecular weight is 253 g/mol. The highest BCUT2D eigenvalue weighted by atomic mass is 32.2. The van der Waals surface area contributed by atoms with Crippen molar-refractivity contribution < 1.29 is 8.42 Å². The van der Waals surface area contributed by atoms with Crippen molar-refractivity contribution in [2.75, 3.05) is 6.54 Å². The minimum absolute atomic E-state index is 0.159. The molecule has 1 aromatic rings. The van der Waals surface area contributed by atoms with Crippen LogP contribution in [-0.2, 0) is 10.0 Å². The van der Waals surface area contributed by atoms with Crippen LogP contribution in [0.15, 0.2) is 29.4 Å². The van der Waals surface area contributed by atoms with Crippen molar-refractivity contribution in [3.8, 4) is 6.07 Å². The molecule has 0 bridgehead atoms. The Morgan fingerprint density at radius 3 is 2.71 bits per heavy atom. The molecule has 0 aromatic carbocycles. The standard InChI is InChI=1S/C11H15N3O2S/c1-10(2)14(8-4-6-12)17(15,16)11-5-3-7-13-9-11/h3,5,7,9-10H,4,8H2,1-2H3. The van der Waals surface area contributed by atoms with E-state index in [0.717, 1.165) is 0 Å². The molecule has 0 saturated heterocycles. The van der Waals surface area contributed by atoms with E-state index in [2.05, 4.69) is 4.98 Å². The predicted octanol–water partition coefficient (Wildman–Crippen LogP) is 1.39. The zero-order valence-electron chi connectivity index (χ0n) is 9.87. The molecule has 1 heterocycles. The Morgan fingerprint density at radius 2 is 2.24 bits per heavy atom. The van der Waals surface area contributed by atoms with E-state index in [1.54, 1.807) is 19.9 Å². The Morgan fingerprint density at radius 1 is 1.53 bits per heavy atom. The zero-order valence-corrected chi connectivity index (χ0v) is 10.7. The van der Waals surface area contributed by atoms with Gasteiger partial charge in [-0.1, -0.05) is 0 Å². The summed E-state index contributed by atoms with van der Waals surface area (Å²) >= 11 is 0. The molecule has 92 valence electrons. The van der Waals surface area contributed by atoms with Crippen LogP contribution in [0.3, 0.4) is 0 Å². The number of nitrogens with zero attached hydrogens (tertiary/aromatic N) is 3. The number of nitriles is 1. The highest BCUT2D eigenvalue weighted by molar-refractivity contribution is 7.89. The van der Waals surface area contributed by atoms with Gasteiger partial charge in [0.2, 0.25) is 10.0 Å². The molecule has 5 nitrogen and oxygen atoms in total. The molecule has 17 heavy (non-hydrogen) atoms. The minimum Gasteiger partial charge on any atom is -0.263 e. The molecule has 0 aliphatic rings. The first-order valence-electron chi connectivity index (χ1n) is 5.29. The Hall–Kier alpha value is -1.45. The summed E-state index contributed by atoms with van der Waals surface area (Å²) in [6.45, 7) is 3.77. The summed E-state index contributed by atoms with van der Waals surface area (Å²) in [4.78, 5) is 3.96. The van der Waals surface area contributed by atoms with Crippen LogP contribution in [-0.4, -0.2) is 30.3 Å². The fourth-order valence-electron chi connectivity index (χ4n) is 1.45. The van der Waals surface area contributed by atoms with Crippen LogP contribution in [0.5, 0.6) is 0 Å². The highest BCUT2D eigenvalue weighted by Gasteiger charge is 2.26. The Labute approximate surface area is 102 Å². The van der Waals surface area contributed by atoms with Crippen molar-refractivity contribution >= 4 is 10.0 Å². The van der Waals surface area contributed by atoms with Gasteiger partial charge in [0.15, 0.2) is 0 Å². The lowest BCUT2D eigenvalue weighted by atomic mass is 10.3. The Bertz CT molecular complexity index is 491. The molecule has 0 saturated carbocycles. The first kappa shape index (κ1) is 13.6. The highest BCUT2D eigenvalue weighted by Crippen LogP contribution is 2.17. The fourth-order valence-corrected chi connectivity index (χ4v) is 3.05. The summed E-state index contributed by atoms with van der Waals surface area (Å²) in [6, 6.07) is 4.85. The van der Waals surface area contributed by atoms with Gasteiger partial charge in [0.25, 0.3) is 0 Å². The molecule has 0 radical (unpaired) electrons. The van der Waals surface area contributed by atoms with Crippen LogP contribution >= 0.6 is 0 Å². The summed E-state index contributed by atoms with van der Waals surface area (Å²) < 4.78 is 25.8. The second kappa shape index (κ2) is 5.75. The van der Waals surface area contributed by atoms with Crippen molar-refractivity contribution in [2.24, 2.45) is 0 Å². The number of hydrogen-bond donors (Lipinski definition) is 0. The van der Waals surface area contributed by atoms with Gasteiger partial charge in [-0.3, -0.25) is 4.98 Å². The number of rotatable bonds is 5. The Kier molecular flexibility index (Phi) is 4.61. The molecule has 0 atom stereocenters. The molecule has 0 N–H and O–H groups in total. The van der Waals surface area contributed by atoms with Gasteiger partial charge in [-0.05, 0) is 26.0 Å². The van der Waals surface area contributed by atoms with Gasteiger partial charge >= 0.3 is 0 Å². The van der Waals surface area contributed by atoms with Gasteiger partial charge in [0.05, 0.1) is 6.07 Å². The first-order valence-corrected chi connectivity index (χ1v) is 6.73. The lowest BCUT2D eigenvalue weighted by Crippen LogP contribution is -2.37. The van der Waals surface area contributed by atoms with E-state index in [-0.39, 0.29) is 23.9 Å². The third-order valence-corrected chi connectivity index (χ3v) is 4.32. The topological polar surface area (TPSA) is 74.1 Å². The molecular formula is C11H15N3O2S. The summed E-state index contributed by atoms with van der Waals surface area (Å²) in [7, 11) is -3.55. The largest absolute Gasteiger partial charge is 0.263 e. The van der Waals surface area contributed by atoms with Crippen LogP contribution in [0.1, 0.15) is 20.3 Å². The maximum atomic E-state index is 12.3. The van der Waals surface area contributed by atoms with E-state index in [0.29, 0.717) is 0 Å². The molecule has 6 heteroatoms. The summed E-state index contributed by atoms with van der Waals surface area (Å²) in [5.41, 5.74) is 0. The van der Waals surface area contributed by atoms with E-state index >= 15 is 0 Å². The lowest BCUT2D eigenvalue weighted by molar-refractivity contribution is 0.360. The van der Waals surface area contributed by atoms with Crippen molar-refractivity contribution in [3.05, 3.63) is 24.5 Å². The number of aromatic nitrogens is 1. The van der Waals surface area contributed by atoms with Gasteiger partial charge in [-0.2, -0.15) is 9.57 Å². The number of pyridine rings is 1. The molecule has 0 fully saturated rings. The van der Waals surface area contributed by atoms with Gasteiger partial charge in [0, 0.05) is 31.4 Å². The zero-order chi connectivity index (χ0) is 12.9. The molecule has 0 amide bonds.